The van der Waals surface area contributed by atoms with Crippen LogP contribution in [0.25, 0.3) is 0 Å². The van der Waals surface area contributed by atoms with Crippen LogP contribution < -0.4 is 15.4 Å². The summed E-state index contributed by atoms with van der Waals surface area (Å²) < 4.78 is 0.419. The second-order valence-electron chi connectivity index (χ2n) is 6.61. The molecule has 1 aliphatic carbocycles. The molecule has 2 aromatic rings. The molecule has 1 heterocycles. The maximum absolute atomic E-state index is 13.2. The minimum absolute atomic E-state index is 0.0117. The molecule has 0 unspecified atom stereocenters. The molecule has 0 spiro atoms. The molecule has 1 aromatic heterocycles. The highest BCUT2D eigenvalue weighted by molar-refractivity contribution is 6.31. The number of nitrogens with zero attached hydrogens (tertiary/aromatic N) is 1. The van der Waals surface area contributed by atoms with Crippen molar-refractivity contribution in [3.63, 3.8) is 0 Å². The fraction of sp³-hybridized carbons (Fsp3) is 0.316. The predicted molar refractivity (Wildman–Crippen MR) is 102 cm³/mol. The Morgan fingerprint density at radius 2 is 1.24 bits per heavy atom. The predicted octanol–water partition coefficient (Wildman–Crippen LogP) is -1.37. The van der Waals surface area contributed by atoms with Gasteiger partial charge in [0.2, 0.25) is 5.78 Å². The molecule has 0 radical (unpaired) electrons. The number of aliphatic hydroxyl groups excluding tert-OH is 4. The van der Waals surface area contributed by atoms with Crippen molar-refractivity contribution in [2.24, 2.45) is 0 Å². The van der Waals surface area contributed by atoms with Gasteiger partial charge in [0.05, 0.1) is 55.2 Å². The topological polar surface area (TPSA) is 166 Å². The first kappa shape index (κ1) is 20.7. The van der Waals surface area contributed by atoms with Gasteiger partial charge in [-0.3, -0.25) is 9.59 Å². The van der Waals surface area contributed by atoms with E-state index in [1.165, 1.54) is 18.2 Å². The van der Waals surface area contributed by atoms with Crippen molar-refractivity contribution in [1.82, 2.24) is 0 Å². The number of anilines is 2. The monoisotopic (exact) mass is 403 g/mol. The fourth-order valence-corrected chi connectivity index (χ4v) is 3.18. The number of nitrogens with one attached hydrogen (secondary N) is 2. The average Bonchev–Trinajstić information content (AvgIpc) is 2.74. The second kappa shape index (κ2) is 8.53. The van der Waals surface area contributed by atoms with Crippen molar-refractivity contribution in [1.29, 1.82) is 0 Å². The van der Waals surface area contributed by atoms with Gasteiger partial charge in [0, 0.05) is 23.0 Å². The van der Waals surface area contributed by atoms with Crippen LogP contribution in [0.1, 0.15) is 31.8 Å². The van der Waals surface area contributed by atoms with Crippen molar-refractivity contribution < 1.29 is 34.7 Å². The van der Waals surface area contributed by atoms with Gasteiger partial charge in [0.15, 0.2) is 18.2 Å². The van der Waals surface area contributed by atoms with Crippen molar-refractivity contribution in [2.75, 3.05) is 37.1 Å². The van der Waals surface area contributed by atoms with Crippen LogP contribution in [0.2, 0.25) is 0 Å². The van der Waals surface area contributed by atoms with Gasteiger partial charge in [-0.05, 0) is 12.1 Å². The summed E-state index contributed by atoms with van der Waals surface area (Å²) in [5, 5.41) is 54.7. The Hall–Kier alpha value is -3.05. The lowest BCUT2D eigenvalue weighted by Crippen LogP contribution is -2.34. The average molecular weight is 403 g/mol. The molecule has 10 heteroatoms. The van der Waals surface area contributed by atoms with E-state index >= 15 is 0 Å². The largest absolute Gasteiger partial charge is 0.619 e. The zero-order chi connectivity index (χ0) is 21.1. The molecule has 1 aliphatic rings. The lowest BCUT2D eigenvalue weighted by atomic mass is 9.83. The highest BCUT2D eigenvalue weighted by atomic mass is 16.5. The number of carbonyl (C=O) groups excluding carboxylic acids is 2. The number of aliphatic hydroxyl groups is 4. The van der Waals surface area contributed by atoms with Crippen LogP contribution in [0.15, 0.2) is 30.6 Å². The number of fused-ring (bicyclic) bond motifs is 2. The second-order valence-corrected chi connectivity index (χ2v) is 6.61. The molecular weight excluding hydrogens is 382 g/mol. The number of hydrogen-bond donors (Lipinski definition) is 6. The zero-order valence-electron chi connectivity index (χ0n) is 15.3. The van der Waals surface area contributed by atoms with Crippen LogP contribution >= 0.6 is 0 Å². The van der Waals surface area contributed by atoms with E-state index in [2.05, 4.69) is 10.6 Å². The summed E-state index contributed by atoms with van der Waals surface area (Å²) in [5.41, 5.74) is 0.406. The number of hydrogen-bond acceptors (Lipinski definition) is 9. The van der Waals surface area contributed by atoms with E-state index < -0.39 is 50.1 Å². The molecule has 0 saturated heterocycles. The number of carbonyl (C=O) groups is 2. The molecule has 6 N–H and O–H groups in total. The number of benzene rings is 1. The van der Waals surface area contributed by atoms with Gasteiger partial charge in [0.1, 0.15) is 0 Å². The Labute approximate surface area is 165 Å². The smallest absolute Gasteiger partial charge is 0.202 e. The minimum atomic E-state index is -0.773. The number of rotatable bonds is 8. The van der Waals surface area contributed by atoms with E-state index in [1.54, 1.807) is 0 Å². The molecule has 3 rings (SSSR count). The molecule has 0 fully saturated rings. The Morgan fingerprint density at radius 3 is 1.69 bits per heavy atom. The van der Waals surface area contributed by atoms with Crippen molar-refractivity contribution in [3.05, 3.63) is 58.1 Å². The quantitative estimate of drug-likeness (QED) is 0.196. The van der Waals surface area contributed by atoms with Crippen molar-refractivity contribution in [3.8, 4) is 0 Å². The number of aromatic nitrogens is 1. The first-order valence-electron chi connectivity index (χ1n) is 8.90. The summed E-state index contributed by atoms with van der Waals surface area (Å²) >= 11 is 0. The standard InChI is InChI=1S/C19H21N3O7/c23-6-10(7-24)20-14-1-2-15(21-11(8-25)9-26)17-16(14)18(27)12-3-4-22(29)5-13(12)19(17)28/h1-5,10-11,20-21,23-26H,6-9H2. The summed E-state index contributed by atoms with van der Waals surface area (Å²) in [6, 6.07) is 2.71. The minimum Gasteiger partial charge on any atom is -0.619 e. The maximum Gasteiger partial charge on any atom is 0.202 e. The number of ketones is 2. The van der Waals surface area contributed by atoms with E-state index in [-0.39, 0.29) is 33.6 Å². The van der Waals surface area contributed by atoms with E-state index in [0.717, 1.165) is 12.4 Å². The third-order valence-corrected chi connectivity index (χ3v) is 4.68. The van der Waals surface area contributed by atoms with Crippen LogP contribution in [-0.4, -0.2) is 70.5 Å². The van der Waals surface area contributed by atoms with Crippen LogP contribution in [0.3, 0.4) is 0 Å². The highest BCUT2D eigenvalue weighted by Crippen LogP contribution is 2.36. The molecule has 0 aliphatic heterocycles. The first-order valence-corrected chi connectivity index (χ1v) is 8.90. The van der Waals surface area contributed by atoms with Crippen LogP contribution in [0.4, 0.5) is 11.4 Å². The molecule has 29 heavy (non-hydrogen) atoms. The summed E-state index contributed by atoms with van der Waals surface area (Å²) in [7, 11) is 0. The third kappa shape index (κ3) is 3.78. The van der Waals surface area contributed by atoms with Crippen LogP contribution in [-0.2, 0) is 0 Å². The third-order valence-electron chi connectivity index (χ3n) is 4.68. The first-order chi connectivity index (χ1) is 13.9. The molecular formula is C19H21N3O7. The molecule has 0 saturated carbocycles. The summed E-state index contributed by atoms with van der Waals surface area (Å²) in [6.07, 6.45) is 2.13. The lowest BCUT2D eigenvalue weighted by Gasteiger charge is -2.26. The van der Waals surface area contributed by atoms with E-state index in [0.29, 0.717) is 4.73 Å². The van der Waals surface area contributed by atoms with E-state index in [1.807, 2.05) is 0 Å². The van der Waals surface area contributed by atoms with Gasteiger partial charge in [-0.1, -0.05) is 0 Å². The Kier molecular flexibility index (Phi) is 6.09. The molecule has 0 amide bonds. The zero-order valence-corrected chi connectivity index (χ0v) is 15.3. The Bertz CT molecular complexity index is 940. The molecule has 0 atom stereocenters. The summed E-state index contributed by atoms with van der Waals surface area (Å²) in [5.74, 6) is -1.09. The molecule has 1 aromatic carbocycles. The van der Waals surface area contributed by atoms with Gasteiger partial charge >= 0.3 is 0 Å². The highest BCUT2D eigenvalue weighted by Gasteiger charge is 2.36. The summed E-state index contributed by atoms with van der Waals surface area (Å²) in [6.45, 7) is -1.64. The van der Waals surface area contributed by atoms with Crippen LogP contribution in [0.5, 0.6) is 0 Å². The van der Waals surface area contributed by atoms with Gasteiger partial charge in [-0.25, -0.2) is 0 Å². The Morgan fingerprint density at radius 1 is 0.793 bits per heavy atom. The SMILES string of the molecule is O=C1c2cc[n+]([O-])cc2C(=O)c2c(NC(CO)CO)ccc(NC(CO)CO)c21. The maximum atomic E-state index is 13.2. The lowest BCUT2D eigenvalue weighted by molar-refractivity contribution is -0.605. The van der Waals surface area contributed by atoms with Crippen molar-refractivity contribution >= 4 is 22.9 Å². The fourth-order valence-electron chi connectivity index (χ4n) is 3.18. The Balaban J connectivity index is 2.19. The molecule has 0 bridgehead atoms. The molecule has 154 valence electrons. The van der Waals surface area contributed by atoms with E-state index in [9.17, 15) is 35.2 Å². The molecule has 10 nitrogen and oxygen atoms in total. The normalized spacial score (nSPS) is 12.9. The van der Waals surface area contributed by atoms with Gasteiger partial charge in [0.25, 0.3) is 0 Å². The van der Waals surface area contributed by atoms with Gasteiger partial charge in [-0.2, -0.15) is 4.73 Å². The summed E-state index contributed by atoms with van der Waals surface area (Å²) in [4.78, 5) is 26.3. The van der Waals surface area contributed by atoms with Crippen molar-refractivity contribution in [2.45, 2.75) is 12.1 Å². The van der Waals surface area contributed by atoms with Crippen LogP contribution in [0, 0.1) is 5.21 Å². The van der Waals surface area contributed by atoms with Gasteiger partial charge in [-0.15, -0.1) is 0 Å². The van der Waals surface area contributed by atoms with E-state index in [4.69, 9.17) is 0 Å². The number of pyridine rings is 1. The van der Waals surface area contributed by atoms with Gasteiger partial charge < -0.3 is 36.3 Å².